The molecular weight excluding hydrogens is 172 g/mol. The second-order valence-corrected chi connectivity index (χ2v) is 3.81. The van der Waals surface area contributed by atoms with Crippen molar-refractivity contribution in [3.8, 4) is 0 Å². The lowest BCUT2D eigenvalue weighted by Gasteiger charge is -2.33. The van der Waals surface area contributed by atoms with Crippen LogP contribution in [-0.4, -0.2) is 0 Å². The number of rotatable bonds is 4. The van der Waals surface area contributed by atoms with Crippen LogP contribution in [0.2, 0.25) is 0 Å². The Morgan fingerprint density at radius 1 is 1.07 bits per heavy atom. The van der Waals surface area contributed by atoms with E-state index in [1.165, 1.54) is 0 Å². The summed E-state index contributed by atoms with van der Waals surface area (Å²) in [7, 11) is 0. The molecule has 1 aromatic carbocycles. The third-order valence-electron chi connectivity index (χ3n) is 2.93. The summed E-state index contributed by atoms with van der Waals surface area (Å²) in [5.74, 6) is 0.338. The van der Waals surface area contributed by atoms with Gasteiger partial charge in [0.05, 0.1) is 5.66 Å². The van der Waals surface area contributed by atoms with Crippen molar-refractivity contribution in [2.75, 3.05) is 0 Å². The van der Waals surface area contributed by atoms with E-state index in [1.807, 2.05) is 30.3 Å². The molecule has 2 nitrogen and oxygen atoms in total. The molecule has 0 atom stereocenters. The van der Waals surface area contributed by atoms with Crippen LogP contribution in [0.15, 0.2) is 30.3 Å². The van der Waals surface area contributed by atoms with Crippen LogP contribution in [0.4, 0.5) is 0 Å². The van der Waals surface area contributed by atoms with Crippen LogP contribution in [0.1, 0.15) is 32.3 Å². The highest BCUT2D eigenvalue weighted by molar-refractivity contribution is 5.23. The van der Waals surface area contributed by atoms with Crippen molar-refractivity contribution in [3.05, 3.63) is 35.9 Å². The van der Waals surface area contributed by atoms with E-state index < -0.39 is 5.66 Å². The predicted molar refractivity (Wildman–Crippen MR) is 60.6 cm³/mol. The topological polar surface area (TPSA) is 52.0 Å². The minimum absolute atomic E-state index is 0.338. The zero-order valence-corrected chi connectivity index (χ0v) is 9.03. The van der Waals surface area contributed by atoms with Gasteiger partial charge < -0.3 is 11.5 Å². The molecule has 0 saturated carbocycles. The maximum atomic E-state index is 6.18. The SMILES string of the molecule is CCC(CC)C(N)(N)c1ccccc1. The first kappa shape index (κ1) is 11.2. The average Bonchev–Trinajstić information content (AvgIpc) is 2.20. The lowest BCUT2D eigenvalue weighted by molar-refractivity contribution is 0.266. The van der Waals surface area contributed by atoms with Crippen LogP contribution in [0.5, 0.6) is 0 Å². The summed E-state index contributed by atoms with van der Waals surface area (Å²) in [5.41, 5.74) is 12.7. The van der Waals surface area contributed by atoms with Gasteiger partial charge in [0.25, 0.3) is 0 Å². The van der Waals surface area contributed by atoms with Gasteiger partial charge in [-0.05, 0) is 24.3 Å². The van der Waals surface area contributed by atoms with Crippen molar-refractivity contribution >= 4 is 0 Å². The van der Waals surface area contributed by atoms with E-state index in [0.717, 1.165) is 18.4 Å². The first-order valence-electron chi connectivity index (χ1n) is 5.26. The monoisotopic (exact) mass is 192 g/mol. The van der Waals surface area contributed by atoms with Crippen LogP contribution in [0.25, 0.3) is 0 Å². The second-order valence-electron chi connectivity index (χ2n) is 3.81. The molecule has 0 heterocycles. The molecule has 0 aliphatic rings. The van der Waals surface area contributed by atoms with Crippen molar-refractivity contribution in [1.29, 1.82) is 0 Å². The first-order valence-corrected chi connectivity index (χ1v) is 5.26. The van der Waals surface area contributed by atoms with E-state index in [4.69, 9.17) is 11.5 Å². The molecule has 1 aromatic rings. The normalized spacial score (nSPS) is 12.1. The molecular formula is C12H20N2. The zero-order chi connectivity index (χ0) is 10.6. The molecule has 0 bridgehead atoms. The number of hydrogen-bond donors (Lipinski definition) is 2. The highest BCUT2D eigenvalue weighted by Crippen LogP contribution is 2.26. The van der Waals surface area contributed by atoms with Gasteiger partial charge in [0, 0.05) is 0 Å². The average molecular weight is 192 g/mol. The van der Waals surface area contributed by atoms with E-state index in [0.29, 0.717) is 5.92 Å². The molecule has 0 aliphatic carbocycles. The van der Waals surface area contributed by atoms with Crippen molar-refractivity contribution in [2.45, 2.75) is 32.4 Å². The lowest BCUT2D eigenvalue weighted by atomic mass is 9.84. The van der Waals surface area contributed by atoms with Crippen LogP contribution >= 0.6 is 0 Å². The molecule has 1 rings (SSSR count). The van der Waals surface area contributed by atoms with Crippen molar-refractivity contribution in [2.24, 2.45) is 17.4 Å². The molecule has 0 radical (unpaired) electrons. The summed E-state index contributed by atoms with van der Waals surface area (Å²) in [5, 5.41) is 0. The minimum Gasteiger partial charge on any atom is -0.309 e. The fourth-order valence-electron chi connectivity index (χ4n) is 1.93. The zero-order valence-electron chi connectivity index (χ0n) is 9.03. The largest absolute Gasteiger partial charge is 0.309 e. The third kappa shape index (κ3) is 2.14. The Hall–Kier alpha value is -0.860. The van der Waals surface area contributed by atoms with Gasteiger partial charge in [0.2, 0.25) is 0 Å². The molecule has 0 amide bonds. The summed E-state index contributed by atoms with van der Waals surface area (Å²) in [6.07, 6.45) is 2.02. The Balaban J connectivity index is 2.94. The highest BCUT2D eigenvalue weighted by Gasteiger charge is 2.29. The molecule has 0 aromatic heterocycles. The molecule has 0 spiro atoms. The molecule has 0 saturated heterocycles. The lowest BCUT2D eigenvalue weighted by Crippen LogP contribution is -2.52. The fourth-order valence-corrected chi connectivity index (χ4v) is 1.93. The number of hydrogen-bond acceptors (Lipinski definition) is 2. The Labute approximate surface area is 86.3 Å². The summed E-state index contributed by atoms with van der Waals surface area (Å²) >= 11 is 0. The van der Waals surface area contributed by atoms with Gasteiger partial charge >= 0.3 is 0 Å². The van der Waals surface area contributed by atoms with E-state index >= 15 is 0 Å². The van der Waals surface area contributed by atoms with Crippen molar-refractivity contribution in [3.63, 3.8) is 0 Å². The molecule has 4 N–H and O–H groups in total. The maximum Gasteiger partial charge on any atom is 0.0928 e. The van der Waals surface area contributed by atoms with Gasteiger partial charge in [-0.2, -0.15) is 0 Å². The minimum atomic E-state index is -0.690. The van der Waals surface area contributed by atoms with Crippen LogP contribution in [-0.2, 0) is 5.66 Å². The van der Waals surface area contributed by atoms with Crippen molar-refractivity contribution in [1.82, 2.24) is 0 Å². The van der Waals surface area contributed by atoms with Gasteiger partial charge in [-0.3, -0.25) is 0 Å². The summed E-state index contributed by atoms with van der Waals surface area (Å²) in [6.45, 7) is 4.26. The Morgan fingerprint density at radius 3 is 2.00 bits per heavy atom. The van der Waals surface area contributed by atoms with Crippen molar-refractivity contribution < 1.29 is 0 Å². The summed E-state index contributed by atoms with van der Waals surface area (Å²) in [6, 6.07) is 9.93. The fraction of sp³-hybridized carbons (Fsp3) is 0.500. The Bertz CT molecular complexity index is 263. The van der Waals surface area contributed by atoms with Gasteiger partial charge in [-0.15, -0.1) is 0 Å². The van der Waals surface area contributed by atoms with Gasteiger partial charge in [0.15, 0.2) is 0 Å². The molecule has 2 heteroatoms. The van der Waals surface area contributed by atoms with Crippen LogP contribution in [0, 0.1) is 5.92 Å². The summed E-state index contributed by atoms with van der Waals surface area (Å²) < 4.78 is 0. The standard InChI is InChI=1S/C12H20N2/c1-3-10(4-2)12(13,14)11-8-6-5-7-9-11/h5-10H,3-4,13-14H2,1-2H3. The molecule has 78 valence electrons. The van der Waals surface area contributed by atoms with Gasteiger partial charge in [-0.1, -0.05) is 44.2 Å². The maximum absolute atomic E-state index is 6.18. The molecule has 0 fully saturated rings. The summed E-state index contributed by atoms with van der Waals surface area (Å²) in [4.78, 5) is 0. The third-order valence-corrected chi connectivity index (χ3v) is 2.93. The van der Waals surface area contributed by atoms with Crippen LogP contribution < -0.4 is 11.5 Å². The number of nitrogens with two attached hydrogens (primary N) is 2. The predicted octanol–water partition coefficient (Wildman–Crippen LogP) is 2.19. The number of benzene rings is 1. The van der Waals surface area contributed by atoms with Gasteiger partial charge in [-0.25, -0.2) is 0 Å². The van der Waals surface area contributed by atoms with E-state index in [1.54, 1.807) is 0 Å². The van der Waals surface area contributed by atoms with E-state index in [9.17, 15) is 0 Å². The van der Waals surface area contributed by atoms with E-state index in [2.05, 4.69) is 13.8 Å². The molecule has 0 aliphatic heterocycles. The second kappa shape index (κ2) is 4.58. The quantitative estimate of drug-likeness (QED) is 0.718. The van der Waals surface area contributed by atoms with Gasteiger partial charge in [0.1, 0.15) is 0 Å². The molecule has 14 heavy (non-hydrogen) atoms. The smallest absolute Gasteiger partial charge is 0.0928 e. The molecule has 0 unspecified atom stereocenters. The van der Waals surface area contributed by atoms with Crippen LogP contribution in [0.3, 0.4) is 0 Å². The van der Waals surface area contributed by atoms with E-state index in [-0.39, 0.29) is 0 Å². The highest BCUT2D eigenvalue weighted by atomic mass is 15.0. The Kier molecular flexibility index (Phi) is 3.67. The first-order chi connectivity index (χ1) is 6.62. The Morgan fingerprint density at radius 2 is 1.57 bits per heavy atom.